The van der Waals surface area contributed by atoms with Crippen LogP contribution in [-0.2, 0) is 4.74 Å². The molecule has 0 spiro atoms. The van der Waals surface area contributed by atoms with Gasteiger partial charge in [0, 0.05) is 27.0 Å². The maximum Gasteiger partial charge on any atom is 0.256 e. The van der Waals surface area contributed by atoms with E-state index in [2.05, 4.69) is 20.2 Å². The first kappa shape index (κ1) is 15.8. The number of nitrogens with one attached hydrogen (secondary N) is 1. The summed E-state index contributed by atoms with van der Waals surface area (Å²) in [6, 6.07) is 5.15. The van der Waals surface area contributed by atoms with Crippen molar-refractivity contribution in [3.05, 3.63) is 41.3 Å². The average Bonchev–Trinajstić information content (AvgIpc) is 3.29. The Labute approximate surface area is 144 Å². The van der Waals surface area contributed by atoms with Crippen LogP contribution in [0.4, 0.5) is 0 Å². The van der Waals surface area contributed by atoms with Gasteiger partial charge in [-0.2, -0.15) is 5.10 Å². The summed E-state index contributed by atoms with van der Waals surface area (Å²) in [6.07, 6.45) is 0.610. The first-order chi connectivity index (χ1) is 12.1. The van der Waals surface area contributed by atoms with Crippen LogP contribution in [0.2, 0.25) is 0 Å². The topological polar surface area (TPSA) is 97.1 Å². The van der Waals surface area contributed by atoms with Crippen LogP contribution in [-0.4, -0.2) is 50.7 Å². The van der Waals surface area contributed by atoms with E-state index in [1.54, 1.807) is 31.1 Å². The molecule has 0 saturated carbocycles. The summed E-state index contributed by atoms with van der Waals surface area (Å²) in [5, 5.41) is 7.08. The van der Waals surface area contributed by atoms with E-state index in [0.717, 1.165) is 5.82 Å². The zero-order chi connectivity index (χ0) is 17.6. The van der Waals surface area contributed by atoms with Crippen molar-refractivity contribution in [2.24, 2.45) is 0 Å². The number of aromatic amines is 1. The van der Waals surface area contributed by atoms with E-state index in [-0.39, 0.29) is 18.1 Å². The fourth-order valence-electron chi connectivity index (χ4n) is 3.33. The molecule has 1 aliphatic rings. The minimum atomic E-state index is -0.231. The van der Waals surface area contributed by atoms with Crippen molar-refractivity contribution in [1.82, 2.24) is 25.1 Å². The van der Waals surface area contributed by atoms with E-state index >= 15 is 0 Å². The number of aryl methyl sites for hydroxylation is 2. The van der Waals surface area contributed by atoms with Crippen molar-refractivity contribution in [2.45, 2.75) is 32.4 Å². The van der Waals surface area contributed by atoms with Gasteiger partial charge in [-0.1, -0.05) is 6.07 Å². The Morgan fingerprint density at radius 1 is 1.36 bits per heavy atom. The molecule has 0 radical (unpaired) electrons. The number of ether oxygens (including phenoxy) is 1. The van der Waals surface area contributed by atoms with Crippen molar-refractivity contribution < 1.29 is 13.9 Å². The Kier molecular flexibility index (Phi) is 3.76. The van der Waals surface area contributed by atoms with Gasteiger partial charge in [-0.15, -0.1) is 0 Å². The van der Waals surface area contributed by atoms with Crippen LogP contribution >= 0.6 is 0 Å². The predicted molar refractivity (Wildman–Crippen MR) is 89.1 cm³/mol. The number of H-pyrrole nitrogens is 1. The monoisotopic (exact) mass is 341 g/mol. The largest absolute Gasteiger partial charge is 0.441 e. The van der Waals surface area contributed by atoms with E-state index in [1.165, 1.54) is 0 Å². The molecule has 4 rings (SSSR count). The highest BCUT2D eigenvalue weighted by molar-refractivity contribution is 6.04. The van der Waals surface area contributed by atoms with E-state index in [4.69, 9.17) is 9.15 Å². The molecule has 1 N–H and O–H groups in total. The Balaban J connectivity index is 1.73. The summed E-state index contributed by atoms with van der Waals surface area (Å²) in [7, 11) is 1.65. The SMILES string of the molecule is CO[C@@H]1C[C@@H](c2n[nH]c(C)n2)N(C(=O)c2cccc3oc(C)nc23)C1. The molecule has 8 nitrogen and oxygen atoms in total. The highest BCUT2D eigenvalue weighted by Gasteiger charge is 2.39. The molecule has 130 valence electrons. The number of carbonyl (C=O) groups is 1. The number of fused-ring (bicyclic) bond motifs is 1. The second kappa shape index (κ2) is 5.96. The fourth-order valence-corrected chi connectivity index (χ4v) is 3.33. The zero-order valence-electron chi connectivity index (χ0n) is 14.3. The first-order valence-electron chi connectivity index (χ1n) is 8.15. The van der Waals surface area contributed by atoms with Crippen molar-refractivity contribution in [2.75, 3.05) is 13.7 Å². The standard InChI is InChI=1S/C17H19N5O3/c1-9-18-16(21-20-9)13-7-11(24-3)8-22(13)17(23)12-5-4-6-14-15(12)19-10(2)25-14/h4-6,11,13H,7-8H2,1-3H3,(H,18,20,21)/t11-,13+/m1/s1. The number of hydrogen-bond acceptors (Lipinski definition) is 6. The summed E-state index contributed by atoms with van der Waals surface area (Å²) in [4.78, 5) is 23.8. The molecule has 2 atom stereocenters. The number of nitrogens with zero attached hydrogens (tertiary/aromatic N) is 4. The van der Waals surface area contributed by atoms with Crippen LogP contribution in [0.15, 0.2) is 22.6 Å². The number of aromatic nitrogens is 4. The Hall–Kier alpha value is -2.74. The van der Waals surface area contributed by atoms with Crippen molar-refractivity contribution in [3.8, 4) is 0 Å². The number of hydrogen-bond donors (Lipinski definition) is 1. The number of para-hydroxylation sites is 1. The third kappa shape index (κ3) is 2.68. The molecule has 0 bridgehead atoms. The summed E-state index contributed by atoms with van der Waals surface area (Å²) < 4.78 is 11.0. The van der Waals surface area contributed by atoms with Crippen LogP contribution in [0, 0.1) is 13.8 Å². The summed E-state index contributed by atoms with van der Waals surface area (Å²) in [5.41, 5.74) is 1.70. The molecule has 0 unspecified atom stereocenters. The van der Waals surface area contributed by atoms with Gasteiger partial charge in [0.05, 0.1) is 17.7 Å². The van der Waals surface area contributed by atoms with Gasteiger partial charge in [0.1, 0.15) is 11.3 Å². The highest BCUT2D eigenvalue weighted by Crippen LogP contribution is 2.34. The zero-order valence-corrected chi connectivity index (χ0v) is 14.3. The maximum absolute atomic E-state index is 13.2. The molecule has 3 heterocycles. The van der Waals surface area contributed by atoms with Gasteiger partial charge in [-0.05, 0) is 19.1 Å². The molecule has 3 aromatic rings. The number of methoxy groups -OCH3 is 1. The molecule has 1 saturated heterocycles. The lowest BCUT2D eigenvalue weighted by atomic mass is 10.1. The van der Waals surface area contributed by atoms with Gasteiger partial charge in [-0.25, -0.2) is 9.97 Å². The lowest BCUT2D eigenvalue weighted by molar-refractivity contribution is 0.0686. The second-order valence-electron chi connectivity index (χ2n) is 6.23. The molecular formula is C17H19N5O3. The number of rotatable bonds is 3. The number of amides is 1. The van der Waals surface area contributed by atoms with Crippen LogP contribution in [0.5, 0.6) is 0 Å². The van der Waals surface area contributed by atoms with Crippen molar-refractivity contribution in [1.29, 1.82) is 0 Å². The highest BCUT2D eigenvalue weighted by atomic mass is 16.5. The fraction of sp³-hybridized carbons (Fsp3) is 0.412. The van der Waals surface area contributed by atoms with Gasteiger partial charge in [0.2, 0.25) is 0 Å². The molecule has 1 fully saturated rings. The molecule has 1 aromatic carbocycles. The molecule has 1 amide bonds. The Bertz CT molecular complexity index is 931. The summed E-state index contributed by atoms with van der Waals surface area (Å²) >= 11 is 0. The normalized spacial score (nSPS) is 20.5. The number of carbonyl (C=O) groups excluding carboxylic acids is 1. The molecule has 8 heteroatoms. The quantitative estimate of drug-likeness (QED) is 0.784. The number of likely N-dealkylation sites (tertiary alicyclic amines) is 1. The summed E-state index contributed by atoms with van der Waals surface area (Å²) in [5.74, 6) is 1.74. The lowest BCUT2D eigenvalue weighted by Gasteiger charge is -2.22. The first-order valence-corrected chi connectivity index (χ1v) is 8.15. The minimum absolute atomic E-state index is 0.0500. The van der Waals surface area contributed by atoms with Crippen LogP contribution in [0.1, 0.15) is 40.4 Å². The van der Waals surface area contributed by atoms with E-state index in [0.29, 0.717) is 41.3 Å². The third-order valence-corrected chi connectivity index (χ3v) is 4.53. The maximum atomic E-state index is 13.2. The number of oxazole rings is 1. The Morgan fingerprint density at radius 3 is 2.92 bits per heavy atom. The van der Waals surface area contributed by atoms with Crippen LogP contribution in [0.3, 0.4) is 0 Å². The van der Waals surface area contributed by atoms with Crippen molar-refractivity contribution >= 4 is 17.0 Å². The molecule has 1 aliphatic heterocycles. The van der Waals surface area contributed by atoms with Gasteiger partial charge in [0.15, 0.2) is 17.3 Å². The molecule has 25 heavy (non-hydrogen) atoms. The minimum Gasteiger partial charge on any atom is -0.441 e. The Morgan fingerprint density at radius 2 is 2.20 bits per heavy atom. The average molecular weight is 341 g/mol. The van der Waals surface area contributed by atoms with E-state index in [1.807, 2.05) is 13.0 Å². The van der Waals surface area contributed by atoms with Crippen LogP contribution in [0.25, 0.3) is 11.1 Å². The third-order valence-electron chi connectivity index (χ3n) is 4.53. The van der Waals surface area contributed by atoms with Crippen LogP contribution < -0.4 is 0 Å². The predicted octanol–water partition coefficient (Wildman–Crippen LogP) is 2.16. The molecule has 0 aliphatic carbocycles. The molecule has 2 aromatic heterocycles. The van der Waals surface area contributed by atoms with Gasteiger partial charge >= 0.3 is 0 Å². The number of benzene rings is 1. The van der Waals surface area contributed by atoms with Gasteiger partial charge < -0.3 is 14.1 Å². The lowest BCUT2D eigenvalue weighted by Crippen LogP contribution is -2.32. The van der Waals surface area contributed by atoms with Gasteiger partial charge in [0.25, 0.3) is 5.91 Å². The van der Waals surface area contributed by atoms with E-state index < -0.39 is 0 Å². The van der Waals surface area contributed by atoms with Crippen molar-refractivity contribution in [3.63, 3.8) is 0 Å². The smallest absolute Gasteiger partial charge is 0.256 e. The van der Waals surface area contributed by atoms with Gasteiger partial charge in [-0.3, -0.25) is 9.89 Å². The van der Waals surface area contributed by atoms with E-state index in [9.17, 15) is 4.79 Å². The second-order valence-corrected chi connectivity index (χ2v) is 6.23. The molecular weight excluding hydrogens is 322 g/mol. The summed E-state index contributed by atoms with van der Waals surface area (Å²) in [6.45, 7) is 4.09.